The second-order valence-electron chi connectivity index (χ2n) is 3.84. The molecule has 1 aromatic heterocycles. The topological polar surface area (TPSA) is 65.1 Å². The van der Waals surface area contributed by atoms with E-state index in [1.165, 1.54) is 12.1 Å². The predicted octanol–water partition coefficient (Wildman–Crippen LogP) is 2.02. The highest BCUT2D eigenvalue weighted by Gasteiger charge is 2.15. The summed E-state index contributed by atoms with van der Waals surface area (Å²) in [6.45, 7) is 0.449. The number of aromatic nitrogens is 1. The highest BCUT2D eigenvalue weighted by Crippen LogP contribution is 2.24. The lowest BCUT2D eigenvalue weighted by atomic mass is 10.2. The summed E-state index contributed by atoms with van der Waals surface area (Å²) in [4.78, 5) is 14.8. The highest BCUT2D eigenvalue weighted by atomic mass is 127. The minimum Gasteiger partial charge on any atom is -0.396 e. The molecule has 1 aromatic carbocycles. The molecule has 6 heteroatoms. The van der Waals surface area contributed by atoms with Crippen molar-refractivity contribution in [3.8, 4) is 0 Å². The Balaban J connectivity index is 2.28. The third-order valence-electron chi connectivity index (χ3n) is 2.54. The quantitative estimate of drug-likeness (QED) is 0.576. The Morgan fingerprint density at radius 1 is 1.50 bits per heavy atom. The summed E-state index contributed by atoms with van der Waals surface area (Å²) < 4.78 is 13.8. The van der Waals surface area contributed by atoms with E-state index in [-0.39, 0.29) is 18.3 Å². The van der Waals surface area contributed by atoms with Gasteiger partial charge >= 0.3 is 0 Å². The Bertz CT molecular complexity index is 583. The van der Waals surface area contributed by atoms with Crippen LogP contribution in [0.4, 0.5) is 4.39 Å². The Morgan fingerprint density at radius 2 is 2.28 bits per heavy atom. The number of benzene rings is 1. The minimum atomic E-state index is -0.327. The predicted molar refractivity (Wildman–Crippen MR) is 75.0 cm³/mol. The van der Waals surface area contributed by atoms with Crippen LogP contribution in [0.1, 0.15) is 16.9 Å². The zero-order chi connectivity index (χ0) is 13.1. The molecule has 0 spiro atoms. The van der Waals surface area contributed by atoms with Crippen molar-refractivity contribution in [3.05, 3.63) is 33.3 Å². The Labute approximate surface area is 117 Å². The fourth-order valence-corrected chi connectivity index (χ4v) is 2.48. The average Bonchev–Trinajstić information content (AvgIpc) is 2.67. The first-order chi connectivity index (χ1) is 8.63. The van der Waals surface area contributed by atoms with Gasteiger partial charge < -0.3 is 15.4 Å². The van der Waals surface area contributed by atoms with Crippen LogP contribution >= 0.6 is 22.6 Å². The van der Waals surface area contributed by atoms with Crippen molar-refractivity contribution in [1.82, 2.24) is 10.3 Å². The van der Waals surface area contributed by atoms with E-state index in [9.17, 15) is 9.18 Å². The second-order valence-corrected chi connectivity index (χ2v) is 4.92. The van der Waals surface area contributed by atoms with Crippen LogP contribution in [0.25, 0.3) is 10.9 Å². The maximum Gasteiger partial charge on any atom is 0.268 e. The number of fused-ring (bicyclic) bond motifs is 1. The van der Waals surface area contributed by atoms with Gasteiger partial charge in [-0.3, -0.25) is 4.79 Å². The van der Waals surface area contributed by atoms with Gasteiger partial charge in [0.1, 0.15) is 11.5 Å². The van der Waals surface area contributed by atoms with Crippen molar-refractivity contribution < 1.29 is 14.3 Å². The molecule has 0 aliphatic rings. The molecular weight excluding hydrogens is 350 g/mol. The first kappa shape index (κ1) is 13.3. The molecule has 0 saturated heterocycles. The number of amides is 1. The standard InChI is InChI=1S/C12H12FIN2O2/c13-7-2-3-9-8(6-7)10(14)11(16-9)12(18)15-4-1-5-17/h2-3,6,16-17H,1,4-5H2,(H,15,18). The number of rotatable bonds is 4. The van der Waals surface area contributed by atoms with Gasteiger partial charge in [0.25, 0.3) is 5.91 Å². The molecule has 0 aliphatic carbocycles. The van der Waals surface area contributed by atoms with E-state index in [4.69, 9.17) is 5.11 Å². The zero-order valence-corrected chi connectivity index (χ0v) is 11.6. The molecule has 0 unspecified atom stereocenters. The number of H-pyrrole nitrogens is 1. The number of nitrogens with one attached hydrogen (secondary N) is 2. The Hall–Kier alpha value is -1.15. The molecule has 4 nitrogen and oxygen atoms in total. The first-order valence-electron chi connectivity index (χ1n) is 5.49. The summed E-state index contributed by atoms with van der Waals surface area (Å²) >= 11 is 2.02. The smallest absolute Gasteiger partial charge is 0.268 e. The Kier molecular flexibility index (Phi) is 4.18. The molecule has 3 N–H and O–H groups in total. The van der Waals surface area contributed by atoms with Crippen LogP contribution in [0.5, 0.6) is 0 Å². The number of halogens is 2. The van der Waals surface area contributed by atoms with Gasteiger partial charge in [-0.1, -0.05) is 0 Å². The summed E-state index contributed by atoms with van der Waals surface area (Å²) in [7, 11) is 0. The first-order valence-corrected chi connectivity index (χ1v) is 6.57. The molecule has 96 valence electrons. The van der Waals surface area contributed by atoms with Gasteiger partial charge in [-0.25, -0.2) is 4.39 Å². The summed E-state index contributed by atoms with van der Waals surface area (Å²) in [6.07, 6.45) is 0.511. The van der Waals surface area contributed by atoms with Crippen LogP contribution < -0.4 is 5.32 Å². The molecule has 0 radical (unpaired) electrons. The van der Waals surface area contributed by atoms with Crippen molar-refractivity contribution >= 4 is 39.4 Å². The van der Waals surface area contributed by atoms with Crippen LogP contribution in [-0.4, -0.2) is 29.1 Å². The largest absolute Gasteiger partial charge is 0.396 e. The van der Waals surface area contributed by atoms with Crippen molar-refractivity contribution in [2.75, 3.05) is 13.2 Å². The van der Waals surface area contributed by atoms with Crippen molar-refractivity contribution in [1.29, 1.82) is 0 Å². The molecule has 2 rings (SSSR count). The van der Waals surface area contributed by atoms with Gasteiger partial charge in [0.05, 0.1) is 3.57 Å². The molecule has 0 fully saturated rings. The lowest BCUT2D eigenvalue weighted by molar-refractivity contribution is 0.0946. The van der Waals surface area contributed by atoms with E-state index in [2.05, 4.69) is 10.3 Å². The molecule has 2 aromatic rings. The van der Waals surface area contributed by atoms with E-state index < -0.39 is 0 Å². The van der Waals surface area contributed by atoms with Crippen molar-refractivity contribution in [2.45, 2.75) is 6.42 Å². The van der Waals surface area contributed by atoms with E-state index in [1.54, 1.807) is 6.07 Å². The fourth-order valence-electron chi connectivity index (χ4n) is 1.66. The van der Waals surface area contributed by atoms with Crippen LogP contribution in [0.3, 0.4) is 0 Å². The number of hydrogen-bond donors (Lipinski definition) is 3. The van der Waals surface area contributed by atoms with Crippen molar-refractivity contribution in [2.24, 2.45) is 0 Å². The van der Waals surface area contributed by atoms with Gasteiger partial charge in [-0.15, -0.1) is 0 Å². The highest BCUT2D eigenvalue weighted by molar-refractivity contribution is 14.1. The summed E-state index contributed by atoms with van der Waals surface area (Å²) in [5, 5.41) is 12.0. The van der Waals surface area contributed by atoms with Crippen LogP contribution in [0.15, 0.2) is 18.2 Å². The fraction of sp³-hybridized carbons (Fsp3) is 0.250. The normalized spacial score (nSPS) is 10.8. The molecule has 0 bridgehead atoms. The molecule has 0 atom stereocenters. The molecule has 18 heavy (non-hydrogen) atoms. The van der Waals surface area contributed by atoms with Crippen molar-refractivity contribution in [3.63, 3.8) is 0 Å². The summed E-state index contributed by atoms with van der Waals surface area (Å²) in [5.41, 5.74) is 1.15. The van der Waals surface area contributed by atoms with E-state index in [0.29, 0.717) is 27.6 Å². The number of aromatic amines is 1. The summed E-state index contributed by atoms with van der Waals surface area (Å²) in [6, 6.07) is 4.36. The minimum absolute atomic E-state index is 0.0370. The molecule has 0 aliphatic heterocycles. The Morgan fingerprint density at radius 3 is 3.00 bits per heavy atom. The molecular formula is C12H12FIN2O2. The van der Waals surface area contributed by atoms with Crippen LogP contribution in [0, 0.1) is 9.39 Å². The summed E-state index contributed by atoms with van der Waals surface area (Å²) in [5.74, 6) is -0.573. The maximum atomic E-state index is 13.1. The monoisotopic (exact) mass is 362 g/mol. The molecule has 1 heterocycles. The lowest BCUT2D eigenvalue weighted by Crippen LogP contribution is -2.25. The van der Waals surface area contributed by atoms with Gasteiger partial charge in [-0.05, 0) is 47.2 Å². The van der Waals surface area contributed by atoms with Crippen LogP contribution in [-0.2, 0) is 0 Å². The number of aliphatic hydroxyl groups is 1. The lowest BCUT2D eigenvalue weighted by Gasteiger charge is -2.02. The van der Waals surface area contributed by atoms with Gasteiger partial charge in [0, 0.05) is 24.1 Å². The average molecular weight is 362 g/mol. The zero-order valence-electron chi connectivity index (χ0n) is 9.46. The number of hydrogen-bond acceptors (Lipinski definition) is 2. The maximum absolute atomic E-state index is 13.1. The third kappa shape index (κ3) is 2.64. The third-order valence-corrected chi connectivity index (χ3v) is 3.67. The SMILES string of the molecule is O=C(NCCCO)c1[nH]c2ccc(F)cc2c1I. The van der Waals surface area contributed by atoms with E-state index in [0.717, 1.165) is 5.52 Å². The molecule has 1 amide bonds. The van der Waals surface area contributed by atoms with Gasteiger partial charge in [-0.2, -0.15) is 0 Å². The number of aliphatic hydroxyl groups excluding tert-OH is 1. The second kappa shape index (κ2) is 5.66. The van der Waals surface area contributed by atoms with E-state index >= 15 is 0 Å². The van der Waals surface area contributed by atoms with Gasteiger partial charge in [0.2, 0.25) is 0 Å². The number of carbonyl (C=O) groups excluding carboxylic acids is 1. The van der Waals surface area contributed by atoms with Crippen LogP contribution in [0.2, 0.25) is 0 Å². The molecule has 0 saturated carbocycles. The number of carbonyl (C=O) groups is 1. The van der Waals surface area contributed by atoms with E-state index in [1.807, 2.05) is 22.6 Å². The van der Waals surface area contributed by atoms with Gasteiger partial charge in [0.15, 0.2) is 0 Å².